The van der Waals surface area contributed by atoms with E-state index in [2.05, 4.69) is 18.7 Å². The monoisotopic (exact) mass is 391 g/mol. The molecule has 0 aromatic heterocycles. The number of hydrogen-bond donors (Lipinski definition) is 0. The molecular weight excluding hydrogens is 354 g/mol. The summed E-state index contributed by atoms with van der Waals surface area (Å²) in [6.07, 6.45) is 6.27. The van der Waals surface area contributed by atoms with Crippen LogP contribution in [-0.4, -0.2) is 63.4 Å². The van der Waals surface area contributed by atoms with Crippen molar-refractivity contribution in [2.45, 2.75) is 52.4 Å². The van der Waals surface area contributed by atoms with Crippen molar-refractivity contribution < 1.29 is 19.0 Å². The molecule has 1 saturated heterocycles. The number of benzene rings is 1. The molecule has 1 fully saturated rings. The van der Waals surface area contributed by atoms with E-state index in [0.29, 0.717) is 19.6 Å². The summed E-state index contributed by atoms with van der Waals surface area (Å²) in [4.78, 5) is 14.8. The molecule has 1 aromatic rings. The molecule has 5 heteroatoms. The summed E-state index contributed by atoms with van der Waals surface area (Å²) >= 11 is 0. The number of rotatable bonds is 14. The third-order valence-electron chi connectivity index (χ3n) is 5.15. The van der Waals surface area contributed by atoms with Crippen molar-refractivity contribution >= 4 is 5.78 Å². The first-order valence-corrected chi connectivity index (χ1v) is 10.9. The van der Waals surface area contributed by atoms with E-state index < -0.39 is 0 Å². The van der Waals surface area contributed by atoms with E-state index in [4.69, 9.17) is 14.2 Å². The van der Waals surface area contributed by atoms with E-state index in [9.17, 15) is 4.79 Å². The van der Waals surface area contributed by atoms with Crippen molar-refractivity contribution in [1.29, 1.82) is 0 Å². The smallest absolute Gasteiger partial charge is 0.164 e. The maximum absolute atomic E-state index is 12.6. The number of ketones is 1. The normalized spacial score (nSPS) is 14.9. The number of unbranched alkanes of at least 4 members (excludes halogenated alkanes) is 3. The quantitative estimate of drug-likeness (QED) is 0.352. The molecule has 0 aliphatic carbocycles. The molecule has 0 radical (unpaired) electrons. The lowest BCUT2D eigenvalue weighted by Gasteiger charge is -2.26. The molecule has 0 saturated carbocycles. The van der Waals surface area contributed by atoms with Crippen LogP contribution in [0.5, 0.6) is 5.75 Å². The maximum Gasteiger partial charge on any atom is 0.164 e. The van der Waals surface area contributed by atoms with Gasteiger partial charge in [0.25, 0.3) is 0 Å². The fourth-order valence-electron chi connectivity index (χ4n) is 3.34. The molecule has 1 aromatic carbocycles. The van der Waals surface area contributed by atoms with Gasteiger partial charge in [0.05, 0.1) is 19.8 Å². The van der Waals surface area contributed by atoms with Crippen molar-refractivity contribution in [3.05, 3.63) is 29.3 Å². The molecule has 28 heavy (non-hydrogen) atoms. The standard InChI is InChI=1S/C23H37NO4/c1-3-5-6-7-14-26-17-18-28-23-9-8-21(19-20(23)4-2)22(25)10-11-24-12-15-27-16-13-24/h8-9,19H,3-7,10-18H2,1-2H3. The van der Waals surface area contributed by atoms with E-state index >= 15 is 0 Å². The number of hydrogen-bond acceptors (Lipinski definition) is 5. The summed E-state index contributed by atoms with van der Waals surface area (Å²) in [7, 11) is 0. The Bertz CT molecular complexity index is 570. The lowest BCUT2D eigenvalue weighted by Crippen LogP contribution is -2.37. The second-order valence-corrected chi connectivity index (χ2v) is 7.32. The van der Waals surface area contributed by atoms with Crippen LogP contribution in [-0.2, 0) is 15.9 Å². The minimum Gasteiger partial charge on any atom is -0.491 e. The lowest BCUT2D eigenvalue weighted by molar-refractivity contribution is 0.0370. The molecular formula is C23H37NO4. The minimum absolute atomic E-state index is 0.197. The molecule has 1 aliphatic rings. The summed E-state index contributed by atoms with van der Waals surface area (Å²) in [6.45, 7) is 10.4. The van der Waals surface area contributed by atoms with Gasteiger partial charge in [-0.2, -0.15) is 0 Å². The van der Waals surface area contributed by atoms with Gasteiger partial charge in [-0.25, -0.2) is 0 Å². The van der Waals surface area contributed by atoms with Gasteiger partial charge in [-0.3, -0.25) is 9.69 Å². The molecule has 0 bridgehead atoms. The van der Waals surface area contributed by atoms with Gasteiger partial charge >= 0.3 is 0 Å². The Morgan fingerprint density at radius 1 is 1.07 bits per heavy atom. The average Bonchev–Trinajstić information content (AvgIpc) is 2.74. The second kappa shape index (κ2) is 13.7. The first-order valence-electron chi connectivity index (χ1n) is 10.9. The van der Waals surface area contributed by atoms with Crippen LogP contribution >= 0.6 is 0 Å². The highest BCUT2D eigenvalue weighted by molar-refractivity contribution is 5.96. The molecule has 158 valence electrons. The van der Waals surface area contributed by atoms with E-state index in [-0.39, 0.29) is 5.78 Å². The number of carbonyl (C=O) groups excluding carboxylic acids is 1. The first-order chi connectivity index (χ1) is 13.7. The van der Waals surface area contributed by atoms with Crippen molar-refractivity contribution in [3.63, 3.8) is 0 Å². The van der Waals surface area contributed by atoms with Crippen LogP contribution in [0.3, 0.4) is 0 Å². The predicted molar refractivity (Wildman–Crippen MR) is 112 cm³/mol. The van der Waals surface area contributed by atoms with Crippen LogP contribution in [0.2, 0.25) is 0 Å². The van der Waals surface area contributed by atoms with Crippen molar-refractivity contribution in [2.75, 3.05) is 52.7 Å². The average molecular weight is 392 g/mol. The van der Waals surface area contributed by atoms with E-state index in [1.54, 1.807) is 0 Å². The fourth-order valence-corrected chi connectivity index (χ4v) is 3.34. The molecule has 0 amide bonds. The molecule has 5 nitrogen and oxygen atoms in total. The Kier molecular flexibility index (Phi) is 11.2. The maximum atomic E-state index is 12.6. The Balaban J connectivity index is 1.73. The van der Waals surface area contributed by atoms with Crippen LogP contribution in [0.15, 0.2) is 18.2 Å². The summed E-state index contributed by atoms with van der Waals surface area (Å²) < 4.78 is 16.9. The highest BCUT2D eigenvalue weighted by atomic mass is 16.5. The molecule has 2 rings (SSSR count). The highest BCUT2D eigenvalue weighted by Crippen LogP contribution is 2.22. The highest BCUT2D eigenvalue weighted by Gasteiger charge is 2.14. The van der Waals surface area contributed by atoms with Gasteiger partial charge in [0, 0.05) is 38.2 Å². The Morgan fingerprint density at radius 3 is 2.64 bits per heavy atom. The Morgan fingerprint density at radius 2 is 1.89 bits per heavy atom. The second-order valence-electron chi connectivity index (χ2n) is 7.32. The van der Waals surface area contributed by atoms with Gasteiger partial charge in [0.1, 0.15) is 12.4 Å². The number of ether oxygens (including phenoxy) is 3. The lowest BCUT2D eigenvalue weighted by atomic mass is 10.0. The number of nitrogens with zero attached hydrogens (tertiary/aromatic N) is 1. The zero-order chi connectivity index (χ0) is 20.0. The molecule has 0 unspecified atom stereocenters. The van der Waals surface area contributed by atoms with Crippen LogP contribution in [0.1, 0.15) is 61.9 Å². The van der Waals surface area contributed by atoms with Gasteiger partial charge in [0.15, 0.2) is 5.78 Å². The molecule has 1 heterocycles. The van der Waals surface area contributed by atoms with Crippen molar-refractivity contribution in [2.24, 2.45) is 0 Å². The molecule has 0 N–H and O–H groups in total. The third-order valence-corrected chi connectivity index (χ3v) is 5.15. The minimum atomic E-state index is 0.197. The zero-order valence-corrected chi connectivity index (χ0v) is 17.7. The largest absolute Gasteiger partial charge is 0.491 e. The fraction of sp³-hybridized carbons (Fsp3) is 0.696. The van der Waals surface area contributed by atoms with Gasteiger partial charge in [-0.1, -0.05) is 33.1 Å². The van der Waals surface area contributed by atoms with Crippen LogP contribution in [0.4, 0.5) is 0 Å². The van der Waals surface area contributed by atoms with Gasteiger partial charge in [0.2, 0.25) is 0 Å². The Hall–Kier alpha value is -1.43. The third kappa shape index (κ3) is 8.29. The van der Waals surface area contributed by atoms with Gasteiger partial charge < -0.3 is 14.2 Å². The first kappa shape index (κ1) is 22.9. The van der Waals surface area contributed by atoms with E-state index in [0.717, 1.165) is 69.2 Å². The zero-order valence-electron chi connectivity index (χ0n) is 17.7. The summed E-state index contributed by atoms with van der Waals surface area (Å²) in [5.41, 5.74) is 1.87. The van der Waals surface area contributed by atoms with Crippen LogP contribution < -0.4 is 4.74 Å². The SMILES string of the molecule is CCCCCCOCCOc1ccc(C(=O)CCN2CCOCC2)cc1CC. The van der Waals surface area contributed by atoms with E-state index in [1.807, 2.05) is 18.2 Å². The molecule has 0 atom stereocenters. The summed E-state index contributed by atoms with van der Waals surface area (Å²) in [6, 6.07) is 5.81. The number of morpholine rings is 1. The van der Waals surface area contributed by atoms with E-state index in [1.165, 1.54) is 19.3 Å². The van der Waals surface area contributed by atoms with Crippen molar-refractivity contribution in [1.82, 2.24) is 4.90 Å². The Labute approximate surface area is 170 Å². The summed E-state index contributed by atoms with van der Waals surface area (Å²) in [5.74, 6) is 1.06. The van der Waals surface area contributed by atoms with Crippen molar-refractivity contribution in [3.8, 4) is 5.75 Å². The molecule has 0 spiro atoms. The van der Waals surface area contributed by atoms with Crippen LogP contribution in [0.25, 0.3) is 0 Å². The number of aryl methyl sites for hydroxylation is 1. The number of carbonyl (C=O) groups is 1. The van der Waals surface area contributed by atoms with Gasteiger partial charge in [-0.05, 0) is 36.6 Å². The number of Topliss-reactive ketones (excluding diaryl/α,β-unsaturated/α-hetero) is 1. The topological polar surface area (TPSA) is 48.0 Å². The summed E-state index contributed by atoms with van der Waals surface area (Å²) in [5, 5.41) is 0. The van der Waals surface area contributed by atoms with Crippen LogP contribution in [0, 0.1) is 0 Å². The van der Waals surface area contributed by atoms with Gasteiger partial charge in [-0.15, -0.1) is 0 Å². The predicted octanol–water partition coefficient (Wildman–Crippen LogP) is 4.13. The molecule has 1 aliphatic heterocycles.